The van der Waals surface area contributed by atoms with Gasteiger partial charge in [-0.1, -0.05) is 42.1 Å². The van der Waals surface area contributed by atoms with E-state index >= 15 is 0 Å². The van der Waals surface area contributed by atoms with Crippen molar-refractivity contribution in [1.29, 1.82) is 0 Å². The average molecular weight is 259 g/mol. The van der Waals surface area contributed by atoms with Gasteiger partial charge in [-0.25, -0.2) is 0 Å². The van der Waals surface area contributed by atoms with E-state index in [9.17, 15) is 0 Å². The van der Waals surface area contributed by atoms with Crippen LogP contribution in [0.5, 0.6) is 0 Å². The molecule has 0 amide bonds. The second-order valence-corrected chi connectivity index (χ2v) is 5.69. The van der Waals surface area contributed by atoms with Crippen molar-refractivity contribution in [2.24, 2.45) is 0 Å². The number of anilines is 1. The second-order valence-electron chi connectivity index (χ2n) is 4.73. The van der Waals surface area contributed by atoms with E-state index in [1.54, 1.807) is 11.8 Å². The first-order valence-electron chi connectivity index (χ1n) is 6.34. The Hall–Kier alpha value is -1.42. The standard InChI is InChI=1S/C14H17N3S/c15-13-9-17(12-7-4-8-12)16-14(13)18-10-11-5-2-1-3-6-11/h1-3,5-6,9,12H,4,7-8,10,15H2. The molecule has 0 spiro atoms. The van der Waals surface area contributed by atoms with Crippen molar-refractivity contribution in [3.8, 4) is 0 Å². The Morgan fingerprint density at radius 3 is 2.72 bits per heavy atom. The number of nitrogen functional groups attached to an aromatic ring is 1. The highest BCUT2D eigenvalue weighted by molar-refractivity contribution is 7.98. The van der Waals surface area contributed by atoms with E-state index in [2.05, 4.69) is 29.4 Å². The predicted octanol–water partition coefficient (Wildman–Crippen LogP) is 3.48. The summed E-state index contributed by atoms with van der Waals surface area (Å²) in [6.07, 6.45) is 5.78. The van der Waals surface area contributed by atoms with Gasteiger partial charge in [0, 0.05) is 11.9 Å². The summed E-state index contributed by atoms with van der Waals surface area (Å²) in [5, 5.41) is 5.57. The van der Waals surface area contributed by atoms with E-state index in [1.807, 2.05) is 16.9 Å². The predicted molar refractivity (Wildman–Crippen MR) is 75.5 cm³/mol. The fourth-order valence-corrected chi connectivity index (χ4v) is 2.93. The van der Waals surface area contributed by atoms with Crippen LogP contribution in [0.4, 0.5) is 5.69 Å². The largest absolute Gasteiger partial charge is 0.395 e. The van der Waals surface area contributed by atoms with Crippen molar-refractivity contribution in [2.45, 2.75) is 36.1 Å². The molecule has 3 rings (SSSR count). The topological polar surface area (TPSA) is 43.8 Å². The van der Waals surface area contributed by atoms with Crippen LogP contribution in [0.2, 0.25) is 0 Å². The Kier molecular flexibility index (Phi) is 3.28. The lowest BCUT2D eigenvalue weighted by Crippen LogP contribution is -2.17. The van der Waals surface area contributed by atoms with E-state index < -0.39 is 0 Å². The highest BCUT2D eigenvalue weighted by Crippen LogP contribution is 2.34. The lowest BCUT2D eigenvalue weighted by molar-refractivity contribution is 0.286. The van der Waals surface area contributed by atoms with Crippen molar-refractivity contribution in [2.75, 3.05) is 5.73 Å². The molecule has 1 aromatic heterocycles. The lowest BCUT2D eigenvalue weighted by atomic mass is 9.93. The van der Waals surface area contributed by atoms with Crippen LogP contribution >= 0.6 is 11.8 Å². The maximum Gasteiger partial charge on any atom is 0.141 e. The number of rotatable bonds is 4. The highest BCUT2D eigenvalue weighted by Gasteiger charge is 2.21. The van der Waals surface area contributed by atoms with Crippen molar-refractivity contribution < 1.29 is 0 Å². The van der Waals surface area contributed by atoms with E-state index in [-0.39, 0.29) is 0 Å². The third-order valence-electron chi connectivity index (χ3n) is 3.39. The number of nitrogens with two attached hydrogens (primary N) is 1. The molecule has 94 valence electrons. The lowest BCUT2D eigenvalue weighted by Gasteiger charge is -2.25. The van der Waals surface area contributed by atoms with Gasteiger partial charge in [-0.3, -0.25) is 4.68 Å². The summed E-state index contributed by atoms with van der Waals surface area (Å²) in [7, 11) is 0. The Morgan fingerprint density at radius 1 is 1.28 bits per heavy atom. The van der Waals surface area contributed by atoms with Gasteiger partial charge in [-0.15, -0.1) is 0 Å². The maximum atomic E-state index is 6.02. The van der Waals surface area contributed by atoms with Gasteiger partial charge in [0.25, 0.3) is 0 Å². The number of aromatic nitrogens is 2. The molecule has 0 radical (unpaired) electrons. The molecule has 0 saturated heterocycles. The third-order valence-corrected chi connectivity index (χ3v) is 4.46. The molecule has 1 fully saturated rings. The van der Waals surface area contributed by atoms with Gasteiger partial charge in [0.2, 0.25) is 0 Å². The fraction of sp³-hybridized carbons (Fsp3) is 0.357. The third kappa shape index (κ3) is 2.38. The summed E-state index contributed by atoms with van der Waals surface area (Å²) < 4.78 is 2.05. The number of benzene rings is 1. The van der Waals surface area contributed by atoms with Gasteiger partial charge in [0.05, 0.1) is 11.7 Å². The number of thioether (sulfide) groups is 1. The highest BCUT2D eigenvalue weighted by atomic mass is 32.2. The van der Waals surface area contributed by atoms with E-state index in [0.717, 1.165) is 16.5 Å². The zero-order chi connectivity index (χ0) is 12.4. The van der Waals surface area contributed by atoms with E-state index in [4.69, 9.17) is 5.73 Å². The van der Waals surface area contributed by atoms with Crippen molar-refractivity contribution in [3.63, 3.8) is 0 Å². The Balaban J connectivity index is 1.67. The van der Waals surface area contributed by atoms with Crippen molar-refractivity contribution in [3.05, 3.63) is 42.1 Å². The molecule has 1 heterocycles. The normalized spacial score (nSPS) is 15.6. The molecule has 1 aliphatic rings. The van der Waals surface area contributed by atoms with Gasteiger partial charge >= 0.3 is 0 Å². The molecule has 3 nitrogen and oxygen atoms in total. The molecular formula is C14H17N3S. The van der Waals surface area contributed by atoms with Gasteiger partial charge in [0.15, 0.2) is 0 Å². The summed E-state index contributed by atoms with van der Waals surface area (Å²) in [5.41, 5.74) is 8.13. The van der Waals surface area contributed by atoms with Gasteiger partial charge < -0.3 is 5.73 Å². The maximum absolute atomic E-state index is 6.02. The molecular weight excluding hydrogens is 242 g/mol. The van der Waals surface area contributed by atoms with Gasteiger partial charge in [-0.2, -0.15) is 5.10 Å². The molecule has 1 aromatic carbocycles. The molecule has 18 heavy (non-hydrogen) atoms. The molecule has 0 aliphatic heterocycles. The molecule has 2 aromatic rings. The molecule has 1 aliphatic carbocycles. The van der Waals surface area contributed by atoms with Crippen LogP contribution in [-0.4, -0.2) is 9.78 Å². The van der Waals surface area contributed by atoms with Crippen LogP contribution in [0.1, 0.15) is 30.9 Å². The quantitative estimate of drug-likeness (QED) is 0.855. The van der Waals surface area contributed by atoms with Crippen LogP contribution in [0.3, 0.4) is 0 Å². The molecule has 1 saturated carbocycles. The monoisotopic (exact) mass is 259 g/mol. The van der Waals surface area contributed by atoms with Crippen LogP contribution in [-0.2, 0) is 5.75 Å². The Morgan fingerprint density at radius 2 is 2.06 bits per heavy atom. The first-order chi connectivity index (χ1) is 8.83. The smallest absolute Gasteiger partial charge is 0.141 e. The molecule has 2 N–H and O–H groups in total. The second kappa shape index (κ2) is 5.06. The zero-order valence-corrected chi connectivity index (χ0v) is 11.1. The SMILES string of the molecule is Nc1cn(C2CCC2)nc1SCc1ccccc1. The number of hydrogen-bond donors (Lipinski definition) is 1. The summed E-state index contributed by atoms with van der Waals surface area (Å²) in [4.78, 5) is 0. The van der Waals surface area contributed by atoms with Crippen LogP contribution in [0.25, 0.3) is 0 Å². The van der Waals surface area contributed by atoms with E-state index in [1.165, 1.54) is 24.8 Å². The molecule has 0 bridgehead atoms. The first kappa shape index (κ1) is 11.7. The van der Waals surface area contributed by atoms with Crippen LogP contribution in [0.15, 0.2) is 41.6 Å². The van der Waals surface area contributed by atoms with Gasteiger partial charge in [-0.05, 0) is 24.8 Å². The number of nitrogens with zero attached hydrogens (tertiary/aromatic N) is 2. The van der Waals surface area contributed by atoms with Gasteiger partial charge in [0.1, 0.15) is 5.03 Å². The Bertz CT molecular complexity index is 517. The summed E-state index contributed by atoms with van der Waals surface area (Å²) >= 11 is 1.72. The summed E-state index contributed by atoms with van der Waals surface area (Å²) in [5.74, 6) is 0.923. The molecule has 0 unspecified atom stereocenters. The minimum absolute atomic E-state index is 0.582. The minimum Gasteiger partial charge on any atom is -0.395 e. The molecule has 0 atom stereocenters. The minimum atomic E-state index is 0.582. The molecule has 4 heteroatoms. The van der Waals surface area contributed by atoms with Crippen LogP contribution in [0, 0.1) is 0 Å². The Labute approximate surface area is 111 Å². The number of hydrogen-bond acceptors (Lipinski definition) is 3. The summed E-state index contributed by atoms with van der Waals surface area (Å²) in [6.45, 7) is 0. The van der Waals surface area contributed by atoms with Crippen molar-refractivity contribution >= 4 is 17.4 Å². The fourth-order valence-electron chi connectivity index (χ4n) is 2.07. The van der Waals surface area contributed by atoms with Crippen molar-refractivity contribution in [1.82, 2.24) is 9.78 Å². The summed E-state index contributed by atoms with van der Waals surface area (Å²) in [6, 6.07) is 11.0. The van der Waals surface area contributed by atoms with Crippen LogP contribution < -0.4 is 5.73 Å². The average Bonchev–Trinajstić information content (AvgIpc) is 2.67. The van der Waals surface area contributed by atoms with E-state index in [0.29, 0.717) is 6.04 Å². The first-order valence-corrected chi connectivity index (χ1v) is 7.33. The zero-order valence-electron chi connectivity index (χ0n) is 10.2.